The molecule has 16 heavy (non-hydrogen) atoms. The molecule has 2 rings (SSSR count). The monoisotopic (exact) mass is 240 g/mol. The summed E-state index contributed by atoms with van der Waals surface area (Å²) < 4.78 is 5.76. The zero-order valence-corrected chi connectivity index (χ0v) is 10.8. The van der Waals surface area contributed by atoms with Crippen molar-refractivity contribution in [3.05, 3.63) is 16.6 Å². The summed E-state index contributed by atoms with van der Waals surface area (Å²) in [4.78, 5) is 4.36. The van der Waals surface area contributed by atoms with E-state index < -0.39 is 0 Å². The highest BCUT2D eigenvalue weighted by Gasteiger charge is 2.33. The van der Waals surface area contributed by atoms with Gasteiger partial charge in [-0.15, -0.1) is 11.3 Å². The summed E-state index contributed by atoms with van der Waals surface area (Å²) in [6.07, 6.45) is 5.63. The van der Waals surface area contributed by atoms with Crippen molar-refractivity contribution in [1.82, 2.24) is 10.3 Å². The van der Waals surface area contributed by atoms with E-state index in [0.29, 0.717) is 18.1 Å². The summed E-state index contributed by atoms with van der Waals surface area (Å²) in [6, 6.07) is 0.499. The van der Waals surface area contributed by atoms with Crippen LogP contribution in [0.25, 0.3) is 0 Å². The summed E-state index contributed by atoms with van der Waals surface area (Å²) in [5.74, 6) is 0.638. The lowest BCUT2D eigenvalue weighted by Gasteiger charge is -2.26. The molecular weight excluding hydrogens is 220 g/mol. The molecule has 0 bridgehead atoms. The molecule has 0 radical (unpaired) electrons. The van der Waals surface area contributed by atoms with Crippen molar-refractivity contribution in [3.63, 3.8) is 0 Å². The van der Waals surface area contributed by atoms with Gasteiger partial charge in [0.25, 0.3) is 0 Å². The highest BCUT2D eigenvalue weighted by atomic mass is 32.1. The van der Waals surface area contributed by atoms with Crippen molar-refractivity contribution >= 4 is 11.3 Å². The Labute approximate surface area is 101 Å². The molecule has 1 aliphatic rings. The predicted molar refractivity (Wildman–Crippen MR) is 66.8 cm³/mol. The maximum atomic E-state index is 5.76. The van der Waals surface area contributed by atoms with E-state index in [4.69, 9.17) is 4.74 Å². The molecule has 0 spiro atoms. The fourth-order valence-electron chi connectivity index (χ4n) is 2.56. The minimum atomic E-state index is 0.428. The molecule has 1 aliphatic heterocycles. The molecule has 3 atom stereocenters. The van der Waals surface area contributed by atoms with Crippen LogP contribution in [0.3, 0.4) is 0 Å². The first kappa shape index (κ1) is 12.0. The van der Waals surface area contributed by atoms with Crippen molar-refractivity contribution in [3.8, 4) is 0 Å². The highest BCUT2D eigenvalue weighted by molar-refractivity contribution is 7.09. The number of likely N-dealkylation sites (N-methyl/N-ethyl adjacent to an activating group) is 1. The third kappa shape index (κ3) is 2.62. The van der Waals surface area contributed by atoms with Gasteiger partial charge in [0.1, 0.15) is 0 Å². The van der Waals surface area contributed by atoms with Crippen molar-refractivity contribution in [2.45, 2.75) is 38.3 Å². The quantitative estimate of drug-likeness (QED) is 0.855. The average Bonchev–Trinajstić information content (AvgIpc) is 2.96. The molecule has 1 fully saturated rings. The lowest BCUT2D eigenvalue weighted by molar-refractivity contribution is 0.0783. The fourth-order valence-corrected chi connectivity index (χ4v) is 3.23. The first-order valence-corrected chi connectivity index (χ1v) is 6.90. The number of ether oxygens (including phenoxy) is 1. The number of nitrogens with one attached hydrogen (secondary N) is 1. The average molecular weight is 240 g/mol. The Morgan fingerprint density at radius 1 is 1.69 bits per heavy atom. The molecule has 0 amide bonds. The SMILES string of the molecule is CCC1OCCC1C(Cc1nccs1)NC. The highest BCUT2D eigenvalue weighted by Crippen LogP contribution is 2.28. The van der Waals surface area contributed by atoms with Crippen molar-refractivity contribution in [2.75, 3.05) is 13.7 Å². The molecule has 1 aromatic heterocycles. The van der Waals surface area contributed by atoms with Crippen LogP contribution in [0.5, 0.6) is 0 Å². The van der Waals surface area contributed by atoms with Gasteiger partial charge in [0.05, 0.1) is 11.1 Å². The Bertz CT molecular complexity index is 302. The van der Waals surface area contributed by atoms with Gasteiger partial charge >= 0.3 is 0 Å². The molecule has 1 aromatic rings. The molecule has 2 heterocycles. The normalized spacial score (nSPS) is 27.1. The van der Waals surface area contributed by atoms with E-state index in [0.717, 1.165) is 19.4 Å². The van der Waals surface area contributed by atoms with Crippen molar-refractivity contribution < 1.29 is 4.74 Å². The zero-order chi connectivity index (χ0) is 11.4. The molecule has 3 unspecified atom stereocenters. The second kappa shape index (κ2) is 5.75. The largest absolute Gasteiger partial charge is 0.378 e. The van der Waals surface area contributed by atoms with Crippen LogP contribution in [0.4, 0.5) is 0 Å². The number of nitrogens with zero attached hydrogens (tertiary/aromatic N) is 1. The lowest BCUT2D eigenvalue weighted by atomic mass is 9.89. The van der Waals surface area contributed by atoms with Gasteiger partial charge in [0.2, 0.25) is 0 Å². The molecule has 0 aliphatic carbocycles. The predicted octanol–water partition coefficient (Wildman–Crippen LogP) is 2.09. The van der Waals surface area contributed by atoms with Crippen molar-refractivity contribution in [1.29, 1.82) is 0 Å². The summed E-state index contributed by atoms with van der Waals surface area (Å²) >= 11 is 1.74. The van der Waals surface area contributed by atoms with Gasteiger partial charge in [0.15, 0.2) is 0 Å². The first-order chi connectivity index (χ1) is 7.85. The van der Waals surface area contributed by atoms with Gasteiger partial charge in [-0.3, -0.25) is 0 Å². The van der Waals surface area contributed by atoms with Gasteiger partial charge in [-0.1, -0.05) is 6.92 Å². The standard InChI is InChI=1S/C12H20N2OS/c1-3-11-9(4-6-15-11)10(13-2)8-12-14-5-7-16-12/h5,7,9-11,13H,3-4,6,8H2,1-2H3. The Morgan fingerprint density at radius 3 is 3.19 bits per heavy atom. The topological polar surface area (TPSA) is 34.1 Å². The van der Waals surface area contributed by atoms with Crippen molar-refractivity contribution in [2.24, 2.45) is 5.92 Å². The molecule has 3 nitrogen and oxygen atoms in total. The van der Waals surface area contributed by atoms with E-state index in [1.54, 1.807) is 11.3 Å². The molecule has 90 valence electrons. The molecule has 1 N–H and O–H groups in total. The Kier molecular flexibility index (Phi) is 4.32. The number of thiazole rings is 1. The number of aromatic nitrogens is 1. The third-order valence-corrected chi connectivity index (χ3v) is 4.23. The van der Waals surface area contributed by atoms with Crippen LogP contribution in [-0.2, 0) is 11.2 Å². The third-order valence-electron chi connectivity index (χ3n) is 3.43. The number of hydrogen-bond donors (Lipinski definition) is 1. The second-order valence-electron chi connectivity index (χ2n) is 4.30. The Balaban J connectivity index is 1.98. The molecular formula is C12H20N2OS. The van der Waals surface area contributed by atoms with E-state index >= 15 is 0 Å². The molecule has 0 saturated carbocycles. The van der Waals surface area contributed by atoms with E-state index in [9.17, 15) is 0 Å². The maximum Gasteiger partial charge on any atom is 0.0940 e. The van der Waals surface area contributed by atoms with Crippen LogP contribution in [0.1, 0.15) is 24.8 Å². The van der Waals surface area contributed by atoms with Gasteiger partial charge in [0, 0.05) is 36.6 Å². The minimum absolute atomic E-state index is 0.428. The van der Waals surface area contributed by atoms with E-state index in [-0.39, 0.29) is 0 Å². The molecule has 4 heteroatoms. The molecule has 0 aromatic carbocycles. The number of hydrogen-bond acceptors (Lipinski definition) is 4. The van der Waals surface area contributed by atoms with Gasteiger partial charge in [-0.25, -0.2) is 4.98 Å². The fraction of sp³-hybridized carbons (Fsp3) is 0.750. The Hall–Kier alpha value is -0.450. The van der Waals surface area contributed by atoms with Crippen LogP contribution < -0.4 is 5.32 Å². The lowest BCUT2D eigenvalue weighted by Crippen LogP contribution is -2.39. The van der Waals surface area contributed by atoms with Crippen LogP contribution >= 0.6 is 11.3 Å². The Morgan fingerprint density at radius 2 is 2.56 bits per heavy atom. The van der Waals surface area contributed by atoms with Crippen LogP contribution in [-0.4, -0.2) is 30.8 Å². The summed E-state index contributed by atoms with van der Waals surface area (Å²) in [6.45, 7) is 3.12. The van der Waals surface area contributed by atoms with Gasteiger partial charge in [-0.05, 0) is 19.9 Å². The summed E-state index contributed by atoms with van der Waals surface area (Å²) in [5, 5.41) is 6.70. The van der Waals surface area contributed by atoms with Crippen LogP contribution in [0.2, 0.25) is 0 Å². The van der Waals surface area contributed by atoms with E-state index in [1.165, 1.54) is 11.4 Å². The van der Waals surface area contributed by atoms with Gasteiger partial charge < -0.3 is 10.1 Å². The summed E-state index contributed by atoms with van der Waals surface area (Å²) in [7, 11) is 2.04. The maximum absolute atomic E-state index is 5.76. The molecule has 1 saturated heterocycles. The van der Waals surface area contributed by atoms with Crippen LogP contribution in [0, 0.1) is 5.92 Å². The number of rotatable bonds is 5. The summed E-state index contributed by atoms with van der Waals surface area (Å²) in [5.41, 5.74) is 0. The van der Waals surface area contributed by atoms with Gasteiger partial charge in [-0.2, -0.15) is 0 Å². The first-order valence-electron chi connectivity index (χ1n) is 6.02. The second-order valence-corrected chi connectivity index (χ2v) is 5.27. The zero-order valence-electron chi connectivity index (χ0n) is 9.98. The van der Waals surface area contributed by atoms with E-state index in [2.05, 4.69) is 17.2 Å². The smallest absolute Gasteiger partial charge is 0.0940 e. The van der Waals surface area contributed by atoms with Crippen LogP contribution in [0.15, 0.2) is 11.6 Å². The van der Waals surface area contributed by atoms with E-state index in [1.807, 2.05) is 18.6 Å². The minimum Gasteiger partial charge on any atom is -0.378 e.